The van der Waals surface area contributed by atoms with Crippen LogP contribution < -0.4 is 0 Å². The Hall–Kier alpha value is -0.420. The van der Waals surface area contributed by atoms with E-state index in [1.165, 1.54) is 11.8 Å². The number of thioether (sulfide) groups is 1. The Labute approximate surface area is 108 Å². The third-order valence-corrected chi connectivity index (χ3v) is 3.74. The van der Waals surface area contributed by atoms with Crippen molar-refractivity contribution in [2.45, 2.75) is 31.5 Å². The van der Waals surface area contributed by atoms with Gasteiger partial charge in [-0.3, -0.25) is 0 Å². The minimum absolute atomic E-state index is 0.119. The lowest BCUT2D eigenvalue weighted by atomic mass is 10.2. The van der Waals surface area contributed by atoms with Crippen LogP contribution >= 0.6 is 23.4 Å². The molecule has 0 aliphatic rings. The second kappa shape index (κ2) is 5.96. The van der Waals surface area contributed by atoms with Gasteiger partial charge < -0.3 is 0 Å². The number of hydrogen-bond donors (Lipinski definition) is 0. The Morgan fingerprint density at radius 2 is 2.06 bits per heavy atom. The zero-order chi connectivity index (χ0) is 13.1. The molecule has 1 nitrogen and oxygen atoms in total. The van der Waals surface area contributed by atoms with Crippen LogP contribution in [0, 0.1) is 5.92 Å². The second-order valence-corrected chi connectivity index (χ2v) is 5.27. The summed E-state index contributed by atoms with van der Waals surface area (Å²) in [5, 5.41) is 0.205. The highest BCUT2D eigenvalue weighted by Gasteiger charge is 2.31. The van der Waals surface area contributed by atoms with E-state index >= 15 is 0 Å². The molecule has 0 aliphatic heterocycles. The van der Waals surface area contributed by atoms with Gasteiger partial charge in [0.1, 0.15) is 5.15 Å². The zero-order valence-electron chi connectivity index (χ0n) is 9.51. The lowest BCUT2D eigenvalue weighted by Gasteiger charge is -2.10. The molecule has 1 heterocycles. The maximum atomic E-state index is 12.5. The number of hydrogen-bond acceptors (Lipinski definition) is 2. The van der Waals surface area contributed by atoms with Crippen LogP contribution in [-0.4, -0.2) is 10.7 Å². The fourth-order valence-electron chi connectivity index (χ4n) is 1.06. The van der Waals surface area contributed by atoms with Gasteiger partial charge in [-0.1, -0.05) is 31.9 Å². The Kier molecular flexibility index (Phi) is 5.13. The lowest BCUT2D eigenvalue weighted by molar-refractivity contribution is -0.137. The van der Waals surface area contributed by atoms with E-state index in [-0.39, 0.29) is 5.15 Å². The standard InChI is InChI=1S/C11H13ClF3NS/c1-3-7(2)6-17-10-5-8(11(13,14)15)4-9(12)16-10/h4-5,7H,3,6H2,1-2H3. The molecule has 17 heavy (non-hydrogen) atoms. The molecule has 1 rings (SSSR count). The summed E-state index contributed by atoms with van der Waals surface area (Å²) < 4.78 is 37.6. The minimum Gasteiger partial charge on any atom is -0.230 e. The van der Waals surface area contributed by atoms with E-state index in [0.29, 0.717) is 10.9 Å². The molecule has 0 saturated carbocycles. The van der Waals surface area contributed by atoms with Crippen LogP contribution in [0.2, 0.25) is 5.15 Å². The minimum atomic E-state index is -4.38. The molecule has 0 aliphatic carbocycles. The van der Waals surface area contributed by atoms with Crippen molar-refractivity contribution < 1.29 is 13.2 Å². The Morgan fingerprint density at radius 3 is 2.59 bits per heavy atom. The molecule has 1 unspecified atom stereocenters. The zero-order valence-corrected chi connectivity index (χ0v) is 11.1. The van der Waals surface area contributed by atoms with Crippen LogP contribution in [0.4, 0.5) is 13.2 Å². The molecule has 0 fully saturated rings. The maximum Gasteiger partial charge on any atom is 0.416 e. The van der Waals surface area contributed by atoms with Crippen molar-refractivity contribution >= 4 is 23.4 Å². The van der Waals surface area contributed by atoms with E-state index in [9.17, 15) is 13.2 Å². The predicted molar refractivity (Wildman–Crippen MR) is 64.4 cm³/mol. The third-order valence-electron chi connectivity index (χ3n) is 2.31. The normalized spacial score (nSPS) is 13.8. The van der Waals surface area contributed by atoms with Crippen molar-refractivity contribution in [3.8, 4) is 0 Å². The molecule has 0 radical (unpaired) electrons. The summed E-state index contributed by atoms with van der Waals surface area (Å²) in [5.74, 6) is 1.18. The molecular weight excluding hydrogens is 271 g/mol. The van der Waals surface area contributed by atoms with E-state index in [2.05, 4.69) is 4.98 Å². The molecule has 96 valence electrons. The molecule has 0 amide bonds. The highest BCUT2D eigenvalue weighted by atomic mass is 35.5. The van der Waals surface area contributed by atoms with E-state index in [1.807, 2.05) is 13.8 Å². The van der Waals surface area contributed by atoms with Gasteiger partial charge >= 0.3 is 6.18 Å². The van der Waals surface area contributed by atoms with Crippen LogP contribution in [-0.2, 0) is 6.18 Å². The summed E-state index contributed by atoms with van der Waals surface area (Å²) in [4.78, 5) is 3.88. The van der Waals surface area contributed by atoms with Gasteiger partial charge in [-0.25, -0.2) is 4.98 Å². The van der Waals surface area contributed by atoms with Crippen molar-refractivity contribution in [1.82, 2.24) is 4.98 Å². The number of nitrogens with zero attached hydrogens (tertiary/aromatic N) is 1. The van der Waals surface area contributed by atoms with Crippen LogP contribution in [0.1, 0.15) is 25.8 Å². The molecule has 1 aromatic rings. The third kappa shape index (κ3) is 4.76. The fourth-order valence-corrected chi connectivity index (χ4v) is 2.38. The van der Waals surface area contributed by atoms with Gasteiger partial charge in [-0.15, -0.1) is 11.8 Å². The van der Waals surface area contributed by atoms with Gasteiger partial charge in [0.2, 0.25) is 0 Å². The lowest BCUT2D eigenvalue weighted by Crippen LogP contribution is -2.06. The van der Waals surface area contributed by atoms with Crippen LogP contribution in [0.15, 0.2) is 17.2 Å². The van der Waals surface area contributed by atoms with Gasteiger partial charge in [-0.05, 0) is 18.1 Å². The van der Waals surface area contributed by atoms with Crippen molar-refractivity contribution in [3.63, 3.8) is 0 Å². The first-order valence-corrected chi connectivity index (χ1v) is 6.57. The largest absolute Gasteiger partial charge is 0.416 e. The Morgan fingerprint density at radius 1 is 1.41 bits per heavy atom. The highest BCUT2D eigenvalue weighted by molar-refractivity contribution is 7.99. The quantitative estimate of drug-likeness (QED) is 0.576. The average molecular weight is 284 g/mol. The second-order valence-electron chi connectivity index (χ2n) is 3.84. The molecular formula is C11H13ClF3NS. The molecule has 0 aromatic carbocycles. The Balaban J connectivity index is 2.83. The first-order chi connectivity index (χ1) is 7.82. The molecule has 1 aromatic heterocycles. The molecule has 1 atom stereocenters. The molecule has 0 bridgehead atoms. The van der Waals surface area contributed by atoms with Gasteiger partial charge in [0.25, 0.3) is 0 Å². The molecule has 0 spiro atoms. The van der Waals surface area contributed by atoms with Crippen molar-refractivity contribution in [2.75, 3.05) is 5.75 Å². The molecule has 6 heteroatoms. The Bertz CT molecular complexity index is 381. The topological polar surface area (TPSA) is 12.9 Å². The smallest absolute Gasteiger partial charge is 0.230 e. The van der Waals surface area contributed by atoms with Gasteiger partial charge in [0.05, 0.1) is 10.6 Å². The molecule has 0 N–H and O–H groups in total. The van der Waals surface area contributed by atoms with E-state index in [1.54, 1.807) is 0 Å². The van der Waals surface area contributed by atoms with E-state index in [4.69, 9.17) is 11.6 Å². The monoisotopic (exact) mass is 283 g/mol. The summed E-state index contributed by atoms with van der Waals surface area (Å²) in [5.41, 5.74) is -0.746. The number of aromatic nitrogens is 1. The summed E-state index contributed by atoms with van der Waals surface area (Å²) in [6, 6.07) is 1.88. The van der Waals surface area contributed by atoms with Crippen molar-refractivity contribution in [1.29, 1.82) is 0 Å². The van der Waals surface area contributed by atoms with Crippen molar-refractivity contribution in [2.24, 2.45) is 5.92 Å². The van der Waals surface area contributed by atoms with Gasteiger partial charge in [-0.2, -0.15) is 13.2 Å². The predicted octanol–water partition coefficient (Wildman–Crippen LogP) is 4.89. The number of rotatable bonds is 4. The number of halogens is 4. The summed E-state index contributed by atoms with van der Waals surface area (Å²) in [7, 11) is 0. The first kappa shape index (κ1) is 14.6. The molecule has 0 saturated heterocycles. The van der Waals surface area contributed by atoms with E-state index in [0.717, 1.165) is 24.3 Å². The van der Waals surface area contributed by atoms with Crippen molar-refractivity contribution in [3.05, 3.63) is 22.8 Å². The number of alkyl halides is 3. The van der Waals surface area contributed by atoms with Crippen LogP contribution in [0.3, 0.4) is 0 Å². The highest BCUT2D eigenvalue weighted by Crippen LogP contribution is 2.33. The van der Waals surface area contributed by atoms with Crippen LogP contribution in [0.25, 0.3) is 0 Å². The average Bonchev–Trinajstić information content (AvgIpc) is 2.24. The summed E-state index contributed by atoms with van der Waals surface area (Å²) in [6.45, 7) is 4.08. The summed E-state index contributed by atoms with van der Waals surface area (Å²) >= 11 is 6.88. The van der Waals surface area contributed by atoms with E-state index < -0.39 is 11.7 Å². The SMILES string of the molecule is CCC(C)CSc1cc(C(F)(F)F)cc(Cl)n1. The maximum absolute atomic E-state index is 12.5. The number of pyridine rings is 1. The first-order valence-electron chi connectivity index (χ1n) is 5.20. The van der Waals surface area contributed by atoms with Crippen LogP contribution in [0.5, 0.6) is 0 Å². The van der Waals surface area contributed by atoms with Gasteiger partial charge in [0, 0.05) is 5.75 Å². The van der Waals surface area contributed by atoms with Gasteiger partial charge in [0.15, 0.2) is 0 Å². The fraction of sp³-hybridized carbons (Fsp3) is 0.545. The summed E-state index contributed by atoms with van der Waals surface area (Å²) in [6.07, 6.45) is -3.39.